The summed E-state index contributed by atoms with van der Waals surface area (Å²) < 4.78 is 21.9. The first kappa shape index (κ1) is 21.2. The predicted octanol–water partition coefficient (Wildman–Crippen LogP) is 3.94. The lowest BCUT2D eigenvalue weighted by atomic mass is 9.67. The third-order valence-electron chi connectivity index (χ3n) is 7.40. The van der Waals surface area contributed by atoms with Crippen LogP contribution < -0.4 is 0 Å². The number of aromatic nitrogens is 4. The maximum Gasteiger partial charge on any atom is 0.335 e. The van der Waals surface area contributed by atoms with Crippen molar-refractivity contribution in [1.29, 1.82) is 0 Å². The molecule has 1 aromatic carbocycles. The zero-order valence-electron chi connectivity index (χ0n) is 18.7. The highest BCUT2D eigenvalue weighted by Crippen LogP contribution is 2.51. The fourth-order valence-electron chi connectivity index (χ4n) is 5.57. The summed E-state index contributed by atoms with van der Waals surface area (Å²) in [6.45, 7) is 3.01. The molecular formula is C25H25FN4O4. The van der Waals surface area contributed by atoms with Gasteiger partial charge in [0.2, 0.25) is 0 Å². The molecule has 34 heavy (non-hydrogen) atoms. The average Bonchev–Trinajstić information content (AvgIpc) is 3.39. The number of aromatic amines is 1. The van der Waals surface area contributed by atoms with E-state index in [4.69, 9.17) is 9.72 Å². The van der Waals surface area contributed by atoms with Crippen molar-refractivity contribution < 1.29 is 24.1 Å². The van der Waals surface area contributed by atoms with Crippen LogP contribution in [0.3, 0.4) is 0 Å². The van der Waals surface area contributed by atoms with Gasteiger partial charge in [-0.25, -0.2) is 14.2 Å². The van der Waals surface area contributed by atoms with E-state index in [0.29, 0.717) is 24.4 Å². The Morgan fingerprint density at radius 3 is 2.71 bits per heavy atom. The number of H-pyrrole nitrogens is 1. The number of aryl methyl sites for hydroxylation is 1. The monoisotopic (exact) mass is 464 g/mol. The number of carboxylic acid groups (broad SMARTS) is 1. The fourth-order valence-corrected chi connectivity index (χ4v) is 5.57. The molecule has 0 bridgehead atoms. The lowest BCUT2D eigenvalue weighted by molar-refractivity contribution is -0.169. The number of hydrogen-bond donors (Lipinski definition) is 3. The van der Waals surface area contributed by atoms with Gasteiger partial charge in [0.1, 0.15) is 5.82 Å². The Kier molecular flexibility index (Phi) is 4.76. The van der Waals surface area contributed by atoms with Gasteiger partial charge < -0.3 is 19.5 Å². The minimum Gasteiger partial charge on any atom is -0.479 e. The number of fused-ring (bicyclic) bond motifs is 2. The number of halogens is 1. The van der Waals surface area contributed by atoms with Crippen molar-refractivity contribution in [2.45, 2.75) is 50.0 Å². The molecule has 4 heterocycles. The zero-order chi connectivity index (χ0) is 23.6. The number of aliphatic hydroxyl groups is 1. The van der Waals surface area contributed by atoms with Gasteiger partial charge in [-0.2, -0.15) is 5.10 Å². The molecule has 0 spiro atoms. The summed E-state index contributed by atoms with van der Waals surface area (Å²) in [6.07, 6.45) is 3.61. The van der Waals surface area contributed by atoms with Crippen molar-refractivity contribution in [3.63, 3.8) is 0 Å². The Bertz CT molecular complexity index is 1430. The zero-order valence-corrected chi connectivity index (χ0v) is 18.7. The lowest BCUT2D eigenvalue weighted by Gasteiger charge is -2.41. The van der Waals surface area contributed by atoms with E-state index in [2.05, 4.69) is 14.8 Å². The highest BCUT2D eigenvalue weighted by molar-refractivity contribution is 5.94. The van der Waals surface area contributed by atoms with Crippen LogP contribution in [0.15, 0.2) is 30.5 Å². The van der Waals surface area contributed by atoms with Crippen LogP contribution in [0.25, 0.3) is 27.8 Å². The topological polar surface area (TPSA) is 113 Å². The van der Waals surface area contributed by atoms with Crippen LogP contribution in [0.1, 0.15) is 54.3 Å². The third kappa shape index (κ3) is 3.14. The van der Waals surface area contributed by atoms with E-state index in [9.17, 15) is 19.4 Å². The summed E-state index contributed by atoms with van der Waals surface area (Å²) in [6, 6.07) is 7.09. The van der Waals surface area contributed by atoms with Gasteiger partial charge in [-0.15, -0.1) is 0 Å². The van der Waals surface area contributed by atoms with Crippen LogP contribution in [0.5, 0.6) is 0 Å². The summed E-state index contributed by atoms with van der Waals surface area (Å²) in [7, 11) is 0. The quantitative estimate of drug-likeness (QED) is 0.422. The number of rotatable bonds is 4. The number of pyridine rings is 1. The van der Waals surface area contributed by atoms with E-state index in [-0.39, 0.29) is 30.5 Å². The maximum atomic E-state index is 14.2. The van der Waals surface area contributed by atoms with E-state index < -0.39 is 11.6 Å². The van der Waals surface area contributed by atoms with Crippen LogP contribution in [-0.2, 0) is 9.53 Å². The molecule has 8 nitrogen and oxygen atoms in total. The van der Waals surface area contributed by atoms with Gasteiger partial charge in [0.15, 0.2) is 11.2 Å². The Morgan fingerprint density at radius 2 is 2.00 bits per heavy atom. The van der Waals surface area contributed by atoms with Gasteiger partial charge in [0, 0.05) is 41.5 Å². The Balaban J connectivity index is 1.65. The molecule has 2 fully saturated rings. The van der Waals surface area contributed by atoms with Crippen LogP contribution in [0, 0.1) is 12.7 Å². The number of carbonyl (C=O) groups is 1. The average molecular weight is 464 g/mol. The molecule has 3 N–H and O–H groups in total. The Hall–Kier alpha value is -3.30. The molecule has 6 rings (SSSR count). The van der Waals surface area contributed by atoms with Crippen LogP contribution in [0.2, 0.25) is 0 Å². The molecule has 1 saturated carbocycles. The smallest absolute Gasteiger partial charge is 0.335 e. The molecule has 2 aliphatic rings. The number of hydrogen-bond acceptors (Lipinski definition) is 5. The SMILES string of the molecule is Cc1cc(-n2c(C3CCOCC3)c(C3CC(O)(C(=O)O)C3)c3nc4[nH]ncc4cc32)ccc1F. The molecule has 1 aliphatic heterocycles. The summed E-state index contributed by atoms with van der Waals surface area (Å²) in [5.74, 6) is -1.46. The number of carboxylic acids is 1. The highest BCUT2D eigenvalue weighted by atomic mass is 19.1. The lowest BCUT2D eigenvalue weighted by Crippen LogP contribution is -2.49. The van der Waals surface area contributed by atoms with Crippen molar-refractivity contribution in [3.05, 3.63) is 53.1 Å². The maximum absolute atomic E-state index is 14.2. The first-order valence-electron chi connectivity index (χ1n) is 11.5. The highest BCUT2D eigenvalue weighted by Gasteiger charge is 2.51. The van der Waals surface area contributed by atoms with Crippen molar-refractivity contribution in [1.82, 2.24) is 19.7 Å². The second-order valence-corrected chi connectivity index (χ2v) is 9.56. The van der Waals surface area contributed by atoms with Crippen molar-refractivity contribution in [2.24, 2.45) is 0 Å². The van der Waals surface area contributed by atoms with Crippen molar-refractivity contribution in [3.8, 4) is 5.69 Å². The number of nitrogens with zero attached hydrogens (tertiary/aromatic N) is 3. The molecule has 0 unspecified atom stereocenters. The van der Waals surface area contributed by atoms with E-state index in [1.54, 1.807) is 19.2 Å². The standard InChI is InChI=1S/C25H25FN4O4/c1-13-8-17(2-3-18(13)26)30-19-9-15-12-27-29-23(15)28-21(19)20(16-10-25(33,11-16)24(31)32)22(30)14-4-6-34-7-5-14/h2-3,8-9,12,14,16,33H,4-7,10-11H2,1H3,(H,31,32)(H,27,28,29). The summed E-state index contributed by atoms with van der Waals surface area (Å²) in [5.41, 5.74) is 3.93. The van der Waals surface area contributed by atoms with Gasteiger partial charge >= 0.3 is 5.97 Å². The van der Waals surface area contributed by atoms with Crippen LogP contribution in [-0.4, -0.2) is 54.7 Å². The van der Waals surface area contributed by atoms with Crippen molar-refractivity contribution in [2.75, 3.05) is 13.2 Å². The van der Waals surface area contributed by atoms with E-state index >= 15 is 0 Å². The van der Waals surface area contributed by atoms with Gasteiger partial charge in [-0.05, 0) is 68.4 Å². The summed E-state index contributed by atoms with van der Waals surface area (Å²) >= 11 is 0. The van der Waals surface area contributed by atoms with Crippen LogP contribution in [0.4, 0.5) is 4.39 Å². The first-order valence-corrected chi connectivity index (χ1v) is 11.5. The third-order valence-corrected chi connectivity index (χ3v) is 7.40. The molecule has 1 aliphatic carbocycles. The van der Waals surface area contributed by atoms with Crippen LogP contribution >= 0.6 is 0 Å². The van der Waals surface area contributed by atoms with E-state index in [0.717, 1.165) is 46.2 Å². The first-order chi connectivity index (χ1) is 16.4. The molecule has 0 atom stereocenters. The molecule has 4 aromatic rings. The fraction of sp³-hybridized carbons (Fsp3) is 0.400. The molecule has 9 heteroatoms. The Morgan fingerprint density at radius 1 is 1.24 bits per heavy atom. The summed E-state index contributed by atoms with van der Waals surface area (Å²) in [4.78, 5) is 16.5. The van der Waals surface area contributed by atoms with Crippen molar-refractivity contribution >= 4 is 28.0 Å². The number of benzene rings is 1. The van der Waals surface area contributed by atoms with E-state index in [1.165, 1.54) is 6.07 Å². The molecule has 0 radical (unpaired) electrons. The molecular weight excluding hydrogens is 439 g/mol. The number of nitrogens with one attached hydrogen (secondary N) is 1. The Labute approximate surface area is 194 Å². The summed E-state index contributed by atoms with van der Waals surface area (Å²) in [5, 5.41) is 27.9. The second-order valence-electron chi connectivity index (χ2n) is 9.56. The minimum atomic E-state index is -1.73. The number of ether oxygens (including phenoxy) is 1. The normalized spacial score (nSPS) is 23.4. The molecule has 0 amide bonds. The van der Waals surface area contributed by atoms with E-state index in [1.807, 2.05) is 12.1 Å². The minimum absolute atomic E-state index is 0.128. The molecule has 1 saturated heterocycles. The molecule has 3 aromatic heterocycles. The van der Waals surface area contributed by atoms with Gasteiger partial charge in [0.05, 0.1) is 17.2 Å². The largest absolute Gasteiger partial charge is 0.479 e. The second kappa shape index (κ2) is 7.61. The number of aliphatic carboxylic acids is 1. The van der Waals surface area contributed by atoms with Gasteiger partial charge in [-0.1, -0.05) is 0 Å². The predicted molar refractivity (Wildman–Crippen MR) is 123 cm³/mol. The van der Waals surface area contributed by atoms with Gasteiger partial charge in [0.25, 0.3) is 0 Å². The van der Waals surface area contributed by atoms with Gasteiger partial charge in [-0.3, -0.25) is 5.10 Å². The molecule has 176 valence electrons.